The van der Waals surface area contributed by atoms with Crippen molar-refractivity contribution in [3.63, 3.8) is 0 Å². The monoisotopic (exact) mass is 384 g/mol. The fraction of sp³-hybridized carbons (Fsp3) is 0.250. The maximum absolute atomic E-state index is 13.0. The molecule has 0 aliphatic heterocycles. The molecule has 0 unspecified atom stereocenters. The summed E-state index contributed by atoms with van der Waals surface area (Å²) < 4.78 is 15.0. The van der Waals surface area contributed by atoms with Gasteiger partial charge in [-0.2, -0.15) is 0 Å². The van der Waals surface area contributed by atoms with Gasteiger partial charge >= 0.3 is 0 Å². The van der Waals surface area contributed by atoms with Crippen molar-refractivity contribution < 1.29 is 9.18 Å². The summed E-state index contributed by atoms with van der Waals surface area (Å²) in [5.74, 6) is 0.719. The summed E-state index contributed by atoms with van der Waals surface area (Å²) in [6, 6.07) is 14.2. The van der Waals surface area contributed by atoms with E-state index in [9.17, 15) is 9.18 Å². The standard InChI is InChI=1S/C20H21FN4OS/c1-14-6-4-5-7-18(14)25-15(2)22-23-20(25)27-13-19(26)24(3)12-16-8-10-17(21)11-9-16/h4-11H,12-13H2,1-3H3. The molecule has 5 nitrogen and oxygen atoms in total. The zero-order valence-corrected chi connectivity index (χ0v) is 16.3. The molecule has 3 aromatic rings. The number of hydrogen-bond acceptors (Lipinski definition) is 4. The third kappa shape index (κ3) is 4.54. The molecule has 0 saturated carbocycles. The van der Waals surface area contributed by atoms with E-state index in [1.165, 1.54) is 23.9 Å². The number of aryl methyl sites for hydroxylation is 2. The number of amides is 1. The van der Waals surface area contributed by atoms with Gasteiger partial charge in [-0.1, -0.05) is 42.1 Å². The highest BCUT2D eigenvalue weighted by Crippen LogP contribution is 2.24. The van der Waals surface area contributed by atoms with E-state index in [2.05, 4.69) is 10.2 Å². The molecule has 0 N–H and O–H groups in total. The summed E-state index contributed by atoms with van der Waals surface area (Å²) >= 11 is 1.36. The number of carbonyl (C=O) groups excluding carboxylic acids is 1. The molecule has 1 heterocycles. The Morgan fingerprint density at radius 3 is 2.52 bits per heavy atom. The molecule has 7 heteroatoms. The van der Waals surface area contributed by atoms with Gasteiger partial charge < -0.3 is 4.90 Å². The van der Waals surface area contributed by atoms with Crippen LogP contribution in [0.1, 0.15) is 17.0 Å². The fourth-order valence-corrected chi connectivity index (χ4v) is 3.65. The van der Waals surface area contributed by atoms with Crippen LogP contribution in [0.25, 0.3) is 5.69 Å². The van der Waals surface area contributed by atoms with E-state index >= 15 is 0 Å². The van der Waals surface area contributed by atoms with Crippen LogP contribution in [0.5, 0.6) is 0 Å². The fourth-order valence-electron chi connectivity index (χ4n) is 2.72. The highest BCUT2D eigenvalue weighted by atomic mass is 32.2. The molecule has 0 bridgehead atoms. The number of rotatable bonds is 6. The Morgan fingerprint density at radius 1 is 1.11 bits per heavy atom. The Morgan fingerprint density at radius 2 is 1.81 bits per heavy atom. The molecule has 0 atom stereocenters. The molecule has 0 aliphatic rings. The second-order valence-electron chi connectivity index (χ2n) is 6.32. The molecule has 140 valence electrons. The largest absolute Gasteiger partial charge is 0.341 e. The van der Waals surface area contributed by atoms with Crippen LogP contribution in [0.4, 0.5) is 4.39 Å². The molecule has 3 rings (SSSR count). The van der Waals surface area contributed by atoms with Crippen LogP contribution < -0.4 is 0 Å². The molecule has 0 spiro atoms. The lowest BCUT2D eigenvalue weighted by molar-refractivity contribution is -0.127. The van der Waals surface area contributed by atoms with Gasteiger partial charge in [-0.3, -0.25) is 9.36 Å². The Labute approximate surface area is 162 Å². The number of hydrogen-bond donors (Lipinski definition) is 0. The third-order valence-corrected chi connectivity index (χ3v) is 5.15. The highest BCUT2D eigenvalue weighted by molar-refractivity contribution is 7.99. The zero-order chi connectivity index (χ0) is 19.4. The molecule has 0 radical (unpaired) electrons. The molecule has 1 amide bonds. The van der Waals surface area contributed by atoms with Gasteiger partial charge in [0.25, 0.3) is 0 Å². The zero-order valence-electron chi connectivity index (χ0n) is 15.5. The van der Waals surface area contributed by atoms with Gasteiger partial charge in [-0.05, 0) is 43.2 Å². The molecule has 1 aromatic heterocycles. The van der Waals surface area contributed by atoms with Gasteiger partial charge in [0.15, 0.2) is 5.16 Å². The van der Waals surface area contributed by atoms with E-state index in [1.54, 1.807) is 24.1 Å². The van der Waals surface area contributed by atoms with E-state index < -0.39 is 0 Å². The molecule has 0 aliphatic carbocycles. The van der Waals surface area contributed by atoms with E-state index in [1.807, 2.05) is 42.7 Å². The van der Waals surface area contributed by atoms with Crippen LogP contribution in [0.3, 0.4) is 0 Å². The smallest absolute Gasteiger partial charge is 0.233 e. The molecule has 0 saturated heterocycles. The topological polar surface area (TPSA) is 51.0 Å². The van der Waals surface area contributed by atoms with Crippen molar-refractivity contribution in [2.45, 2.75) is 25.5 Å². The minimum absolute atomic E-state index is 0.0266. The Hall–Kier alpha value is -2.67. The number of thioether (sulfide) groups is 1. The van der Waals surface area contributed by atoms with Crippen LogP contribution in [0.15, 0.2) is 53.7 Å². The van der Waals surface area contributed by atoms with Crippen LogP contribution in [-0.4, -0.2) is 38.4 Å². The summed E-state index contributed by atoms with van der Waals surface area (Å²) in [5, 5.41) is 9.07. The number of benzene rings is 2. The third-order valence-electron chi connectivity index (χ3n) is 4.24. The predicted octanol–water partition coefficient (Wildman–Crippen LogP) is 3.77. The van der Waals surface area contributed by atoms with Crippen molar-refractivity contribution in [2.24, 2.45) is 0 Å². The van der Waals surface area contributed by atoms with Crippen molar-refractivity contribution in [3.8, 4) is 5.69 Å². The Bertz CT molecular complexity index is 939. The SMILES string of the molecule is Cc1ccccc1-n1c(C)nnc1SCC(=O)N(C)Cc1ccc(F)cc1. The predicted molar refractivity (Wildman–Crippen MR) is 104 cm³/mol. The summed E-state index contributed by atoms with van der Waals surface area (Å²) in [6.45, 7) is 4.36. The van der Waals surface area contributed by atoms with Crippen LogP contribution >= 0.6 is 11.8 Å². The van der Waals surface area contributed by atoms with E-state index in [0.29, 0.717) is 11.7 Å². The minimum Gasteiger partial charge on any atom is -0.341 e. The molecular weight excluding hydrogens is 363 g/mol. The van der Waals surface area contributed by atoms with Crippen molar-refractivity contribution in [1.29, 1.82) is 0 Å². The van der Waals surface area contributed by atoms with Crippen LogP contribution in [0.2, 0.25) is 0 Å². The number of aromatic nitrogens is 3. The van der Waals surface area contributed by atoms with Crippen molar-refractivity contribution >= 4 is 17.7 Å². The summed E-state index contributed by atoms with van der Waals surface area (Å²) in [7, 11) is 1.74. The average molecular weight is 384 g/mol. The quantitative estimate of drug-likeness (QED) is 0.607. The molecule has 27 heavy (non-hydrogen) atoms. The van der Waals surface area contributed by atoms with Gasteiger partial charge in [0, 0.05) is 13.6 Å². The number of nitrogens with zero attached hydrogens (tertiary/aromatic N) is 4. The van der Waals surface area contributed by atoms with Crippen molar-refractivity contribution in [3.05, 3.63) is 71.3 Å². The lowest BCUT2D eigenvalue weighted by Gasteiger charge is -2.17. The van der Waals surface area contributed by atoms with Gasteiger partial charge in [-0.25, -0.2) is 4.39 Å². The number of carbonyl (C=O) groups is 1. The second-order valence-corrected chi connectivity index (χ2v) is 7.26. The lowest BCUT2D eigenvalue weighted by atomic mass is 10.2. The first kappa shape index (κ1) is 19.1. The molecular formula is C20H21FN4OS. The first-order valence-electron chi connectivity index (χ1n) is 8.55. The van der Waals surface area contributed by atoms with Gasteiger partial charge in [0.05, 0.1) is 11.4 Å². The Balaban J connectivity index is 1.67. The second kappa shape index (κ2) is 8.35. The first-order valence-corrected chi connectivity index (χ1v) is 9.53. The van der Waals surface area contributed by atoms with Gasteiger partial charge in [-0.15, -0.1) is 10.2 Å². The maximum Gasteiger partial charge on any atom is 0.233 e. The van der Waals surface area contributed by atoms with E-state index in [-0.39, 0.29) is 17.5 Å². The normalized spacial score (nSPS) is 10.8. The van der Waals surface area contributed by atoms with Gasteiger partial charge in [0.1, 0.15) is 11.6 Å². The first-order chi connectivity index (χ1) is 13.0. The highest BCUT2D eigenvalue weighted by Gasteiger charge is 2.16. The van der Waals surface area contributed by atoms with E-state index in [4.69, 9.17) is 0 Å². The molecule has 2 aromatic carbocycles. The van der Waals surface area contributed by atoms with Crippen molar-refractivity contribution in [2.75, 3.05) is 12.8 Å². The van der Waals surface area contributed by atoms with Gasteiger partial charge in [0.2, 0.25) is 5.91 Å². The summed E-state index contributed by atoms with van der Waals surface area (Å²) in [5.41, 5.74) is 3.01. The Kier molecular flexibility index (Phi) is 5.91. The molecule has 0 fully saturated rings. The minimum atomic E-state index is -0.283. The van der Waals surface area contributed by atoms with Crippen LogP contribution in [0, 0.1) is 19.7 Å². The van der Waals surface area contributed by atoms with Crippen LogP contribution in [-0.2, 0) is 11.3 Å². The lowest BCUT2D eigenvalue weighted by Crippen LogP contribution is -2.27. The maximum atomic E-state index is 13.0. The average Bonchev–Trinajstić information content (AvgIpc) is 3.02. The summed E-state index contributed by atoms with van der Waals surface area (Å²) in [4.78, 5) is 14.1. The number of halogens is 1. The number of para-hydroxylation sites is 1. The van der Waals surface area contributed by atoms with Crippen molar-refractivity contribution in [1.82, 2.24) is 19.7 Å². The summed E-state index contributed by atoms with van der Waals surface area (Å²) in [6.07, 6.45) is 0. The van der Waals surface area contributed by atoms with E-state index in [0.717, 1.165) is 22.6 Å².